The number of carbonyl (C=O) groups is 1. The second-order valence-corrected chi connectivity index (χ2v) is 9.27. The van der Waals surface area contributed by atoms with Gasteiger partial charge in [-0.05, 0) is 36.7 Å². The molecule has 0 aliphatic rings. The van der Waals surface area contributed by atoms with Crippen LogP contribution in [0.25, 0.3) is 10.2 Å². The molecule has 0 saturated carbocycles. The fourth-order valence-corrected chi connectivity index (χ4v) is 5.46. The molecule has 4 aromatic rings. The first-order valence-electron chi connectivity index (χ1n) is 11.6. The van der Waals surface area contributed by atoms with Gasteiger partial charge in [0.1, 0.15) is 10.7 Å². The number of hydrogen-bond acceptors (Lipinski definition) is 5. The summed E-state index contributed by atoms with van der Waals surface area (Å²) in [6.07, 6.45) is 0.535. The number of rotatable bonds is 9. The second-order valence-electron chi connectivity index (χ2n) is 8.27. The number of H-pyrrole nitrogens is 1. The minimum atomic E-state index is -0.200. The van der Waals surface area contributed by atoms with Crippen LogP contribution in [0, 0.1) is 6.92 Å². The van der Waals surface area contributed by atoms with Gasteiger partial charge >= 0.3 is 0 Å². The topological polar surface area (TPSA) is 78.1 Å². The largest absolute Gasteiger partial charge is 0.349 e. The monoisotopic (exact) mass is 474 g/mol. The van der Waals surface area contributed by atoms with Crippen molar-refractivity contribution in [2.75, 3.05) is 19.6 Å². The van der Waals surface area contributed by atoms with E-state index in [0.29, 0.717) is 39.4 Å². The van der Waals surface area contributed by atoms with E-state index in [0.717, 1.165) is 18.7 Å². The standard InChI is InChI=1S/C27H30N4O2S/c1-4-31(5-2)21(20-14-10-7-11-15-20)17-28-26(33)24-18(3)23-25(32)29-22(30-27(23)34-24)16-19-12-8-6-9-13-19/h6-15,21H,4-5,16-17H2,1-3H3,(H,28,33)(H,29,30,32). The molecular formula is C27H30N4O2S. The number of likely N-dealkylation sites (N-methyl/N-ethyl adjacent to an activating group) is 1. The summed E-state index contributed by atoms with van der Waals surface area (Å²) in [5, 5.41) is 3.61. The Balaban J connectivity index is 1.57. The van der Waals surface area contributed by atoms with Crippen LogP contribution in [0.4, 0.5) is 0 Å². The number of benzene rings is 2. The maximum absolute atomic E-state index is 13.2. The number of aromatic amines is 1. The van der Waals surface area contributed by atoms with Gasteiger partial charge in [0.05, 0.1) is 16.3 Å². The first kappa shape index (κ1) is 23.9. The molecule has 1 amide bonds. The van der Waals surface area contributed by atoms with E-state index in [-0.39, 0.29) is 17.5 Å². The minimum absolute atomic E-state index is 0.0776. The number of carbonyl (C=O) groups excluding carboxylic acids is 1. The average molecular weight is 475 g/mol. The molecule has 2 aromatic carbocycles. The Kier molecular flexibility index (Phi) is 7.55. The van der Waals surface area contributed by atoms with Crippen LogP contribution in [0.15, 0.2) is 65.5 Å². The number of aryl methyl sites for hydroxylation is 1. The molecule has 6 nitrogen and oxygen atoms in total. The van der Waals surface area contributed by atoms with Crippen LogP contribution in [-0.2, 0) is 6.42 Å². The Morgan fingerprint density at radius 3 is 2.35 bits per heavy atom. The van der Waals surface area contributed by atoms with Crippen LogP contribution in [0.3, 0.4) is 0 Å². The molecule has 0 spiro atoms. The average Bonchev–Trinajstić information content (AvgIpc) is 3.19. The Labute approximate surface area is 203 Å². The van der Waals surface area contributed by atoms with E-state index in [1.807, 2.05) is 55.5 Å². The molecule has 0 fully saturated rings. The zero-order valence-electron chi connectivity index (χ0n) is 19.8. The molecular weight excluding hydrogens is 444 g/mol. The molecule has 34 heavy (non-hydrogen) atoms. The highest BCUT2D eigenvalue weighted by atomic mass is 32.1. The molecule has 2 N–H and O–H groups in total. The van der Waals surface area contributed by atoms with Crippen molar-refractivity contribution >= 4 is 27.5 Å². The molecule has 176 valence electrons. The van der Waals surface area contributed by atoms with E-state index in [9.17, 15) is 9.59 Å². The molecule has 0 saturated heterocycles. The van der Waals surface area contributed by atoms with Gasteiger partial charge < -0.3 is 10.3 Å². The molecule has 1 atom stereocenters. The highest BCUT2D eigenvalue weighted by molar-refractivity contribution is 7.20. The lowest BCUT2D eigenvalue weighted by atomic mass is 10.0. The Morgan fingerprint density at radius 2 is 1.71 bits per heavy atom. The van der Waals surface area contributed by atoms with Gasteiger partial charge in [-0.25, -0.2) is 4.98 Å². The first-order chi connectivity index (χ1) is 16.5. The number of hydrogen-bond donors (Lipinski definition) is 2. The van der Waals surface area contributed by atoms with Crippen molar-refractivity contribution in [1.82, 2.24) is 20.2 Å². The van der Waals surface area contributed by atoms with Crippen molar-refractivity contribution < 1.29 is 4.79 Å². The Hall–Kier alpha value is -3.29. The summed E-state index contributed by atoms with van der Waals surface area (Å²) in [6, 6.07) is 20.2. The lowest BCUT2D eigenvalue weighted by Crippen LogP contribution is -2.38. The van der Waals surface area contributed by atoms with E-state index in [4.69, 9.17) is 0 Å². The summed E-state index contributed by atoms with van der Waals surface area (Å²) in [5.74, 6) is 0.431. The predicted molar refractivity (Wildman–Crippen MR) is 139 cm³/mol. The highest BCUT2D eigenvalue weighted by Crippen LogP contribution is 2.27. The van der Waals surface area contributed by atoms with Gasteiger partial charge in [-0.3, -0.25) is 14.5 Å². The summed E-state index contributed by atoms with van der Waals surface area (Å²) in [5.41, 5.74) is 2.72. The smallest absolute Gasteiger partial charge is 0.261 e. The SMILES string of the molecule is CCN(CC)C(CNC(=O)c1sc2nc(Cc3ccccc3)[nH]c(=O)c2c1C)c1ccccc1. The van der Waals surface area contributed by atoms with Gasteiger partial charge in [-0.1, -0.05) is 74.5 Å². The third-order valence-corrected chi connectivity index (χ3v) is 7.35. The van der Waals surface area contributed by atoms with E-state index in [2.05, 4.69) is 46.2 Å². The zero-order valence-corrected chi connectivity index (χ0v) is 20.6. The summed E-state index contributed by atoms with van der Waals surface area (Å²) in [4.78, 5) is 37.1. The third kappa shape index (κ3) is 5.11. The van der Waals surface area contributed by atoms with E-state index >= 15 is 0 Å². The van der Waals surface area contributed by atoms with Gasteiger partial charge in [0, 0.05) is 13.0 Å². The van der Waals surface area contributed by atoms with Crippen molar-refractivity contribution in [2.45, 2.75) is 33.2 Å². The number of fused-ring (bicyclic) bond motifs is 1. The minimum Gasteiger partial charge on any atom is -0.349 e. The summed E-state index contributed by atoms with van der Waals surface area (Å²) >= 11 is 1.28. The Morgan fingerprint density at radius 1 is 1.06 bits per heavy atom. The van der Waals surface area contributed by atoms with E-state index < -0.39 is 0 Å². The van der Waals surface area contributed by atoms with Gasteiger partial charge in [0.2, 0.25) is 0 Å². The van der Waals surface area contributed by atoms with Crippen LogP contribution in [-0.4, -0.2) is 40.4 Å². The molecule has 4 rings (SSSR count). The van der Waals surface area contributed by atoms with Crippen LogP contribution in [0.1, 0.15) is 52.1 Å². The summed E-state index contributed by atoms with van der Waals surface area (Å²) < 4.78 is 0. The van der Waals surface area contributed by atoms with Crippen LogP contribution < -0.4 is 10.9 Å². The molecule has 0 radical (unpaired) electrons. The number of thiophene rings is 1. The number of amides is 1. The van der Waals surface area contributed by atoms with Crippen LogP contribution >= 0.6 is 11.3 Å². The highest BCUT2D eigenvalue weighted by Gasteiger charge is 2.22. The van der Waals surface area contributed by atoms with Crippen LogP contribution in [0.2, 0.25) is 0 Å². The van der Waals surface area contributed by atoms with E-state index in [1.54, 1.807) is 0 Å². The summed E-state index contributed by atoms with van der Waals surface area (Å²) in [7, 11) is 0. The zero-order chi connectivity index (χ0) is 24.1. The first-order valence-corrected chi connectivity index (χ1v) is 12.5. The molecule has 7 heteroatoms. The van der Waals surface area contributed by atoms with Crippen molar-refractivity contribution in [3.05, 3.63) is 98.4 Å². The fourth-order valence-electron chi connectivity index (χ4n) is 4.34. The van der Waals surface area contributed by atoms with Crippen molar-refractivity contribution in [3.8, 4) is 0 Å². The van der Waals surface area contributed by atoms with Gasteiger partial charge in [-0.2, -0.15) is 0 Å². The second kappa shape index (κ2) is 10.8. The molecule has 0 aliphatic carbocycles. The normalized spacial score (nSPS) is 12.2. The maximum Gasteiger partial charge on any atom is 0.261 e. The van der Waals surface area contributed by atoms with Gasteiger partial charge in [0.15, 0.2) is 0 Å². The van der Waals surface area contributed by atoms with Crippen molar-refractivity contribution in [2.24, 2.45) is 0 Å². The Bertz CT molecular complexity index is 1310. The number of nitrogens with one attached hydrogen (secondary N) is 2. The third-order valence-electron chi connectivity index (χ3n) is 6.16. The molecule has 0 bridgehead atoms. The summed E-state index contributed by atoms with van der Waals surface area (Å²) in [6.45, 7) is 8.33. The van der Waals surface area contributed by atoms with E-state index in [1.165, 1.54) is 16.9 Å². The van der Waals surface area contributed by atoms with Crippen molar-refractivity contribution in [1.29, 1.82) is 0 Å². The predicted octanol–water partition coefficient (Wildman–Crippen LogP) is 4.70. The fraction of sp³-hybridized carbons (Fsp3) is 0.296. The van der Waals surface area contributed by atoms with Gasteiger partial charge in [0.25, 0.3) is 11.5 Å². The molecule has 1 unspecified atom stereocenters. The van der Waals surface area contributed by atoms with Gasteiger partial charge in [-0.15, -0.1) is 11.3 Å². The van der Waals surface area contributed by atoms with Crippen molar-refractivity contribution in [3.63, 3.8) is 0 Å². The molecule has 2 aromatic heterocycles. The quantitative estimate of drug-likeness (QED) is 0.369. The molecule has 2 heterocycles. The van der Waals surface area contributed by atoms with Crippen LogP contribution in [0.5, 0.6) is 0 Å². The lowest BCUT2D eigenvalue weighted by molar-refractivity contribution is 0.0938. The number of nitrogens with zero attached hydrogens (tertiary/aromatic N) is 2. The molecule has 0 aliphatic heterocycles. The maximum atomic E-state index is 13.2. The lowest BCUT2D eigenvalue weighted by Gasteiger charge is -2.30. The number of aromatic nitrogens is 2.